The Bertz CT molecular complexity index is 721. The van der Waals surface area contributed by atoms with Gasteiger partial charge in [0, 0.05) is 56.8 Å². The van der Waals surface area contributed by atoms with Crippen LogP contribution in [0.5, 0.6) is 0 Å². The van der Waals surface area contributed by atoms with Crippen LogP contribution in [0.15, 0.2) is 49.1 Å². The molecule has 0 bridgehead atoms. The molecular weight excluding hydrogens is 316 g/mol. The Morgan fingerprint density at radius 1 is 1.08 bits per heavy atom. The first-order valence-electron chi connectivity index (χ1n) is 8.53. The van der Waals surface area contributed by atoms with Crippen molar-refractivity contribution in [3.05, 3.63) is 60.2 Å². The largest absolute Gasteiger partial charge is 0.352 e. The Labute approximate surface area is 147 Å². The molecule has 1 fully saturated rings. The van der Waals surface area contributed by atoms with Gasteiger partial charge < -0.3 is 10.2 Å². The highest BCUT2D eigenvalue weighted by molar-refractivity contribution is 5.83. The van der Waals surface area contributed by atoms with Crippen LogP contribution < -0.4 is 5.32 Å². The average Bonchev–Trinajstić information content (AvgIpc) is 3.12. The maximum atomic E-state index is 12.8. The summed E-state index contributed by atoms with van der Waals surface area (Å²) in [5, 5.41) is 3.00. The van der Waals surface area contributed by atoms with Gasteiger partial charge in [-0.3, -0.25) is 19.6 Å². The molecule has 1 N–H and O–H groups in total. The van der Waals surface area contributed by atoms with E-state index in [1.54, 1.807) is 29.7 Å². The number of hydrogen-bond acceptors (Lipinski definition) is 4. The number of carbonyl (C=O) groups excluding carboxylic acids is 2. The highest BCUT2D eigenvalue weighted by atomic mass is 16.2. The first kappa shape index (κ1) is 17.1. The van der Waals surface area contributed by atoms with Gasteiger partial charge in [0.05, 0.1) is 5.92 Å². The maximum absolute atomic E-state index is 12.8. The fourth-order valence-electron chi connectivity index (χ4n) is 3.27. The zero-order chi connectivity index (χ0) is 17.6. The molecule has 3 heterocycles. The van der Waals surface area contributed by atoms with Crippen molar-refractivity contribution in [1.82, 2.24) is 20.2 Å². The van der Waals surface area contributed by atoms with Crippen molar-refractivity contribution < 1.29 is 9.59 Å². The summed E-state index contributed by atoms with van der Waals surface area (Å²) >= 11 is 0. The second-order valence-electron chi connectivity index (χ2n) is 6.22. The number of pyridine rings is 2. The molecule has 3 rings (SSSR count). The van der Waals surface area contributed by atoms with E-state index in [4.69, 9.17) is 0 Å². The van der Waals surface area contributed by atoms with Crippen molar-refractivity contribution in [3.8, 4) is 0 Å². The van der Waals surface area contributed by atoms with Gasteiger partial charge in [-0.25, -0.2) is 0 Å². The predicted octanol–water partition coefficient (Wildman–Crippen LogP) is 1.74. The zero-order valence-corrected chi connectivity index (χ0v) is 14.3. The fraction of sp³-hybridized carbons (Fsp3) is 0.368. The van der Waals surface area contributed by atoms with E-state index in [0.717, 1.165) is 11.1 Å². The molecule has 6 heteroatoms. The monoisotopic (exact) mass is 338 g/mol. The van der Waals surface area contributed by atoms with E-state index >= 15 is 0 Å². The van der Waals surface area contributed by atoms with E-state index in [0.29, 0.717) is 26.1 Å². The number of hydrogen-bond donors (Lipinski definition) is 1. The van der Waals surface area contributed by atoms with Crippen LogP contribution in [0, 0.1) is 5.92 Å². The minimum absolute atomic E-state index is 0.00376. The normalized spacial score (nSPS) is 19.6. The van der Waals surface area contributed by atoms with Gasteiger partial charge in [-0.05, 0) is 35.4 Å². The predicted molar refractivity (Wildman–Crippen MR) is 93.4 cm³/mol. The number of likely N-dealkylation sites (tertiary alicyclic amines) is 1. The molecule has 0 radical (unpaired) electrons. The lowest BCUT2D eigenvalue weighted by Gasteiger charge is -2.18. The van der Waals surface area contributed by atoms with E-state index in [-0.39, 0.29) is 23.7 Å². The Hall–Kier alpha value is -2.76. The number of amides is 2. The van der Waals surface area contributed by atoms with Crippen LogP contribution in [0.1, 0.15) is 30.4 Å². The van der Waals surface area contributed by atoms with Gasteiger partial charge >= 0.3 is 0 Å². The summed E-state index contributed by atoms with van der Waals surface area (Å²) in [4.78, 5) is 34.7. The molecule has 0 aromatic carbocycles. The summed E-state index contributed by atoms with van der Waals surface area (Å²) in [7, 11) is 0. The number of aromatic nitrogens is 2. The van der Waals surface area contributed by atoms with Gasteiger partial charge in [0.15, 0.2) is 0 Å². The average molecular weight is 338 g/mol. The molecule has 1 saturated heterocycles. The standard InChI is InChI=1S/C19H22N4O2/c1-2-18(24)23-12-16(15-5-9-21-10-6-15)17(13-23)19(25)22-11-14-3-7-20-8-4-14/h3-10,16-17H,2,11-13H2,1H3,(H,22,25)/t16-,17+/m0/s1. The second kappa shape index (κ2) is 7.88. The first-order valence-corrected chi connectivity index (χ1v) is 8.53. The first-order chi connectivity index (χ1) is 12.2. The van der Waals surface area contributed by atoms with Crippen molar-refractivity contribution in [2.75, 3.05) is 13.1 Å². The number of nitrogens with zero attached hydrogens (tertiary/aromatic N) is 3. The lowest BCUT2D eigenvalue weighted by molar-refractivity contribution is -0.130. The van der Waals surface area contributed by atoms with Gasteiger partial charge in [-0.1, -0.05) is 6.92 Å². The molecule has 2 amide bonds. The highest BCUT2D eigenvalue weighted by Gasteiger charge is 2.39. The minimum atomic E-state index is -0.250. The molecule has 1 aliphatic heterocycles. The van der Waals surface area contributed by atoms with Gasteiger partial charge in [0.1, 0.15) is 0 Å². The van der Waals surface area contributed by atoms with Gasteiger partial charge in [-0.15, -0.1) is 0 Å². The molecular formula is C19H22N4O2. The lowest BCUT2D eigenvalue weighted by atomic mass is 9.89. The van der Waals surface area contributed by atoms with Crippen LogP contribution >= 0.6 is 0 Å². The SMILES string of the molecule is CCC(=O)N1C[C@@H](C(=O)NCc2ccncc2)[C@H](c2ccncc2)C1. The van der Waals surface area contributed by atoms with Crippen molar-refractivity contribution in [1.29, 1.82) is 0 Å². The van der Waals surface area contributed by atoms with Gasteiger partial charge in [0.25, 0.3) is 0 Å². The molecule has 0 spiro atoms. The molecule has 130 valence electrons. The van der Waals surface area contributed by atoms with E-state index in [1.807, 2.05) is 31.2 Å². The lowest BCUT2D eigenvalue weighted by Crippen LogP contribution is -2.35. The molecule has 2 atom stereocenters. The Kier molecular flexibility index (Phi) is 5.38. The molecule has 1 aliphatic rings. The Morgan fingerprint density at radius 3 is 2.36 bits per heavy atom. The molecule has 0 saturated carbocycles. The molecule has 2 aromatic heterocycles. The number of rotatable bonds is 5. The van der Waals surface area contributed by atoms with E-state index in [2.05, 4.69) is 15.3 Å². The van der Waals surface area contributed by atoms with E-state index in [1.165, 1.54) is 0 Å². The van der Waals surface area contributed by atoms with Gasteiger partial charge in [0.2, 0.25) is 11.8 Å². The van der Waals surface area contributed by atoms with Crippen LogP contribution in [0.2, 0.25) is 0 Å². The van der Waals surface area contributed by atoms with Crippen molar-refractivity contribution in [3.63, 3.8) is 0 Å². The summed E-state index contributed by atoms with van der Waals surface area (Å²) in [6.45, 7) is 3.34. The minimum Gasteiger partial charge on any atom is -0.352 e. The van der Waals surface area contributed by atoms with Crippen LogP contribution in [-0.4, -0.2) is 39.8 Å². The summed E-state index contributed by atoms with van der Waals surface area (Å²) in [6, 6.07) is 7.60. The van der Waals surface area contributed by atoms with E-state index < -0.39 is 0 Å². The van der Waals surface area contributed by atoms with Crippen LogP contribution in [0.3, 0.4) is 0 Å². The van der Waals surface area contributed by atoms with E-state index in [9.17, 15) is 9.59 Å². The number of nitrogens with one attached hydrogen (secondary N) is 1. The van der Waals surface area contributed by atoms with Gasteiger partial charge in [-0.2, -0.15) is 0 Å². The van der Waals surface area contributed by atoms with Crippen molar-refractivity contribution >= 4 is 11.8 Å². The Morgan fingerprint density at radius 2 is 1.72 bits per heavy atom. The third kappa shape index (κ3) is 4.02. The summed E-state index contributed by atoms with van der Waals surface area (Å²) in [5.41, 5.74) is 2.05. The molecule has 6 nitrogen and oxygen atoms in total. The summed E-state index contributed by atoms with van der Waals surface area (Å²) in [6.07, 6.45) is 7.32. The fourth-order valence-corrected chi connectivity index (χ4v) is 3.27. The summed E-state index contributed by atoms with van der Waals surface area (Å²) in [5.74, 6) is -0.191. The maximum Gasteiger partial charge on any atom is 0.225 e. The third-order valence-electron chi connectivity index (χ3n) is 4.66. The number of carbonyl (C=O) groups is 2. The quantitative estimate of drug-likeness (QED) is 0.901. The smallest absolute Gasteiger partial charge is 0.225 e. The van der Waals surface area contributed by atoms with Crippen LogP contribution in [-0.2, 0) is 16.1 Å². The zero-order valence-electron chi connectivity index (χ0n) is 14.3. The molecule has 0 unspecified atom stereocenters. The highest BCUT2D eigenvalue weighted by Crippen LogP contribution is 2.33. The Balaban J connectivity index is 1.73. The van der Waals surface area contributed by atoms with Crippen LogP contribution in [0.25, 0.3) is 0 Å². The molecule has 0 aliphatic carbocycles. The van der Waals surface area contributed by atoms with Crippen molar-refractivity contribution in [2.45, 2.75) is 25.8 Å². The van der Waals surface area contributed by atoms with Crippen LogP contribution in [0.4, 0.5) is 0 Å². The molecule has 25 heavy (non-hydrogen) atoms. The summed E-state index contributed by atoms with van der Waals surface area (Å²) < 4.78 is 0. The third-order valence-corrected chi connectivity index (χ3v) is 4.66. The topological polar surface area (TPSA) is 75.2 Å². The molecule has 2 aromatic rings. The van der Waals surface area contributed by atoms with Crippen molar-refractivity contribution in [2.24, 2.45) is 5.92 Å². The second-order valence-corrected chi connectivity index (χ2v) is 6.22.